The smallest absolute Gasteiger partial charge is 0.305 e. The molecule has 5 nitrogen and oxygen atoms in total. The fraction of sp³-hybridized carbons (Fsp3) is 0.429. The van der Waals surface area contributed by atoms with Crippen molar-refractivity contribution in [3.63, 3.8) is 0 Å². The van der Waals surface area contributed by atoms with Gasteiger partial charge in [0.1, 0.15) is 5.75 Å². The first-order valence-electron chi connectivity index (χ1n) is 6.40. The molecule has 1 amide bonds. The molecule has 0 spiro atoms. The molecular formula is C14H17Cl2NO4. The molecule has 0 radical (unpaired) electrons. The average molecular weight is 334 g/mol. The van der Waals surface area contributed by atoms with Gasteiger partial charge in [0.2, 0.25) is 0 Å². The van der Waals surface area contributed by atoms with Crippen LogP contribution in [0.15, 0.2) is 18.2 Å². The molecule has 0 aliphatic rings. The minimum absolute atomic E-state index is 0.106. The summed E-state index contributed by atoms with van der Waals surface area (Å²) >= 11 is 11.7. The van der Waals surface area contributed by atoms with Crippen molar-refractivity contribution in [2.24, 2.45) is 0 Å². The van der Waals surface area contributed by atoms with E-state index in [4.69, 9.17) is 33.0 Å². The minimum atomic E-state index is -0.949. The van der Waals surface area contributed by atoms with Crippen molar-refractivity contribution in [1.82, 2.24) is 4.90 Å². The first-order valence-corrected chi connectivity index (χ1v) is 7.16. The number of amides is 1. The number of benzene rings is 1. The third kappa shape index (κ3) is 5.81. The maximum atomic E-state index is 12.1. The van der Waals surface area contributed by atoms with E-state index >= 15 is 0 Å². The van der Waals surface area contributed by atoms with Gasteiger partial charge in [-0.15, -0.1) is 0 Å². The lowest BCUT2D eigenvalue weighted by Crippen LogP contribution is -2.41. The van der Waals surface area contributed by atoms with E-state index in [1.54, 1.807) is 12.1 Å². The first-order chi connectivity index (χ1) is 9.81. The predicted molar refractivity (Wildman–Crippen MR) is 81.1 cm³/mol. The van der Waals surface area contributed by atoms with Gasteiger partial charge in [-0.25, -0.2) is 0 Å². The van der Waals surface area contributed by atoms with E-state index in [0.717, 1.165) is 0 Å². The summed E-state index contributed by atoms with van der Waals surface area (Å²) in [6, 6.07) is 4.60. The molecule has 7 heteroatoms. The summed E-state index contributed by atoms with van der Waals surface area (Å²) in [4.78, 5) is 24.1. The fourth-order valence-corrected chi connectivity index (χ4v) is 2.16. The van der Waals surface area contributed by atoms with Crippen LogP contribution < -0.4 is 4.74 Å². The summed E-state index contributed by atoms with van der Waals surface area (Å²) in [7, 11) is 0. The van der Waals surface area contributed by atoms with Gasteiger partial charge in [0, 0.05) is 17.6 Å². The molecule has 0 aliphatic carbocycles. The van der Waals surface area contributed by atoms with E-state index in [1.807, 2.05) is 13.8 Å². The normalized spacial score (nSPS) is 10.5. The Bertz CT molecular complexity index is 520. The number of halogens is 2. The lowest BCUT2D eigenvalue weighted by atomic mass is 10.2. The molecule has 1 aromatic rings. The summed E-state index contributed by atoms with van der Waals surface area (Å²) in [5, 5.41) is 9.49. The Labute approximate surface area is 133 Å². The number of ether oxygens (including phenoxy) is 1. The summed E-state index contributed by atoms with van der Waals surface area (Å²) in [6.07, 6.45) is -0.106. The third-order valence-electron chi connectivity index (χ3n) is 2.76. The quantitative estimate of drug-likeness (QED) is 0.832. The number of nitrogens with zero attached hydrogens (tertiary/aromatic N) is 1. The highest BCUT2D eigenvalue weighted by atomic mass is 35.5. The Hall–Kier alpha value is -1.46. The number of aliphatic carboxylic acids is 1. The second kappa shape index (κ2) is 8.10. The number of carbonyl (C=O) groups is 2. The molecule has 21 heavy (non-hydrogen) atoms. The van der Waals surface area contributed by atoms with Gasteiger partial charge in [-0.05, 0) is 32.0 Å². The van der Waals surface area contributed by atoms with E-state index in [-0.39, 0.29) is 31.5 Å². The zero-order valence-corrected chi connectivity index (χ0v) is 13.3. The minimum Gasteiger partial charge on any atom is -0.482 e. The van der Waals surface area contributed by atoms with Crippen molar-refractivity contribution in [3.8, 4) is 5.75 Å². The highest BCUT2D eigenvalue weighted by Crippen LogP contribution is 2.27. The van der Waals surface area contributed by atoms with Crippen molar-refractivity contribution in [2.45, 2.75) is 26.3 Å². The van der Waals surface area contributed by atoms with Gasteiger partial charge < -0.3 is 14.7 Å². The zero-order valence-electron chi connectivity index (χ0n) is 11.8. The standard InChI is InChI=1S/C14H17Cl2NO4/c1-9(2)17(6-5-14(19)20)13(18)8-21-12-4-3-10(15)7-11(12)16/h3-4,7,9H,5-6,8H2,1-2H3,(H,19,20). The van der Waals surface area contributed by atoms with Crippen LogP contribution in [-0.4, -0.2) is 41.1 Å². The number of carboxylic acids is 1. The van der Waals surface area contributed by atoms with Gasteiger partial charge in [0.05, 0.1) is 11.4 Å². The Kier molecular flexibility index (Phi) is 6.78. The molecule has 0 saturated heterocycles. The van der Waals surface area contributed by atoms with E-state index in [0.29, 0.717) is 15.8 Å². The van der Waals surface area contributed by atoms with Crippen LogP contribution in [0.25, 0.3) is 0 Å². The van der Waals surface area contributed by atoms with Crippen LogP contribution in [0, 0.1) is 0 Å². The Morgan fingerprint density at radius 1 is 1.33 bits per heavy atom. The Morgan fingerprint density at radius 2 is 2.00 bits per heavy atom. The van der Waals surface area contributed by atoms with Crippen LogP contribution in [0.2, 0.25) is 10.0 Å². The van der Waals surface area contributed by atoms with Gasteiger partial charge in [-0.1, -0.05) is 23.2 Å². The summed E-state index contributed by atoms with van der Waals surface area (Å²) in [5.41, 5.74) is 0. The molecular weight excluding hydrogens is 317 g/mol. The molecule has 0 aromatic heterocycles. The topological polar surface area (TPSA) is 66.8 Å². The monoisotopic (exact) mass is 333 g/mol. The summed E-state index contributed by atoms with van der Waals surface area (Å²) < 4.78 is 5.36. The van der Waals surface area contributed by atoms with Crippen LogP contribution in [0.5, 0.6) is 5.75 Å². The van der Waals surface area contributed by atoms with E-state index in [1.165, 1.54) is 11.0 Å². The van der Waals surface area contributed by atoms with Crippen molar-refractivity contribution < 1.29 is 19.4 Å². The van der Waals surface area contributed by atoms with Crippen LogP contribution in [-0.2, 0) is 9.59 Å². The molecule has 0 unspecified atom stereocenters. The lowest BCUT2D eigenvalue weighted by molar-refractivity contribution is -0.139. The van der Waals surface area contributed by atoms with Crippen molar-refractivity contribution in [1.29, 1.82) is 0 Å². The van der Waals surface area contributed by atoms with E-state index in [2.05, 4.69) is 0 Å². The van der Waals surface area contributed by atoms with Crippen molar-refractivity contribution in [3.05, 3.63) is 28.2 Å². The number of carbonyl (C=O) groups excluding carboxylic acids is 1. The maximum Gasteiger partial charge on any atom is 0.305 e. The molecule has 0 heterocycles. The Morgan fingerprint density at radius 3 is 2.52 bits per heavy atom. The molecule has 0 bridgehead atoms. The second-order valence-corrected chi connectivity index (χ2v) is 5.53. The summed E-state index contributed by atoms with van der Waals surface area (Å²) in [5.74, 6) is -0.885. The molecule has 0 saturated carbocycles. The fourth-order valence-electron chi connectivity index (χ4n) is 1.70. The number of rotatable bonds is 7. The molecule has 1 aromatic carbocycles. The highest BCUT2D eigenvalue weighted by Gasteiger charge is 2.18. The number of hydrogen-bond donors (Lipinski definition) is 1. The van der Waals surface area contributed by atoms with Gasteiger partial charge in [-0.2, -0.15) is 0 Å². The van der Waals surface area contributed by atoms with Crippen LogP contribution in [0.1, 0.15) is 20.3 Å². The van der Waals surface area contributed by atoms with Crippen molar-refractivity contribution in [2.75, 3.05) is 13.2 Å². The van der Waals surface area contributed by atoms with Gasteiger partial charge in [0.25, 0.3) is 5.91 Å². The number of carboxylic acid groups (broad SMARTS) is 1. The highest BCUT2D eigenvalue weighted by molar-refractivity contribution is 6.35. The van der Waals surface area contributed by atoms with Crippen molar-refractivity contribution >= 4 is 35.1 Å². The zero-order chi connectivity index (χ0) is 16.0. The Balaban J connectivity index is 2.62. The number of hydrogen-bond acceptors (Lipinski definition) is 3. The third-order valence-corrected chi connectivity index (χ3v) is 3.29. The predicted octanol–water partition coefficient (Wildman–Crippen LogP) is 3.08. The molecule has 0 aliphatic heterocycles. The lowest BCUT2D eigenvalue weighted by Gasteiger charge is -2.26. The van der Waals surface area contributed by atoms with Crippen LogP contribution >= 0.6 is 23.2 Å². The van der Waals surface area contributed by atoms with E-state index in [9.17, 15) is 9.59 Å². The van der Waals surface area contributed by atoms with E-state index < -0.39 is 5.97 Å². The van der Waals surface area contributed by atoms with Gasteiger partial charge in [-0.3, -0.25) is 9.59 Å². The van der Waals surface area contributed by atoms with Crippen LogP contribution in [0.4, 0.5) is 0 Å². The van der Waals surface area contributed by atoms with Crippen LogP contribution in [0.3, 0.4) is 0 Å². The van der Waals surface area contributed by atoms with Gasteiger partial charge in [0.15, 0.2) is 6.61 Å². The molecule has 1 N–H and O–H groups in total. The SMILES string of the molecule is CC(C)N(CCC(=O)O)C(=O)COc1ccc(Cl)cc1Cl. The molecule has 116 valence electrons. The maximum absolute atomic E-state index is 12.1. The molecule has 1 rings (SSSR count). The second-order valence-electron chi connectivity index (χ2n) is 4.69. The largest absolute Gasteiger partial charge is 0.482 e. The average Bonchev–Trinajstić information content (AvgIpc) is 2.37. The van der Waals surface area contributed by atoms with Gasteiger partial charge >= 0.3 is 5.97 Å². The first kappa shape index (κ1) is 17.6. The molecule has 0 atom stereocenters. The summed E-state index contributed by atoms with van der Waals surface area (Å²) in [6.45, 7) is 3.56. The molecule has 0 fully saturated rings.